The third kappa shape index (κ3) is 5.96. The Balaban J connectivity index is 1.65. The van der Waals surface area contributed by atoms with Crippen molar-refractivity contribution in [1.82, 2.24) is 15.0 Å². The third-order valence-electron chi connectivity index (χ3n) is 4.85. The van der Waals surface area contributed by atoms with Crippen molar-refractivity contribution in [3.05, 3.63) is 53.0 Å². The number of nitrogens with zero attached hydrogens (tertiary/aromatic N) is 1. The van der Waals surface area contributed by atoms with Gasteiger partial charge in [0.05, 0.1) is 4.88 Å². The van der Waals surface area contributed by atoms with Crippen LogP contribution in [0, 0.1) is 5.92 Å². The summed E-state index contributed by atoms with van der Waals surface area (Å²) in [4.78, 5) is 50.1. The molecular formula is C21H23N3O5S. The summed E-state index contributed by atoms with van der Waals surface area (Å²) in [6.07, 6.45) is 2.62. The van der Waals surface area contributed by atoms with Gasteiger partial charge in [0.1, 0.15) is 12.6 Å². The molecule has 158 valence electrons. The molecule has 1 saturated heterocycles. The highest BCUT2D eigenvalue weighted by Gasteiger charge is 2.32. The Morgan fingerprint density at radius 3 is 2.73 bits per heavy atom. The minimum Gasteiger partial charge on any atom is -0.445 e. The molecule has 0 radical (unpaired) electrons. The molecule has 2 N–H and O–H groups in total. The highest BCUT2D eigenvalue weighted by molar-refractivity contribution is 7.05. The summed E-state index contributed by atoms with van der Waals surface area (Å²) >= 11 is 1.08. The van der Waals surface area contributed by atoms with E-state index in [1.54, 1.807) is 6.07 Å². The van der Waals surface area contributed by atoms with Crippen LogP contribution in [-0.4, -0.2) is 34.5 Å². The zero-order valence-electron chi connectivity index (χ0n) is 16.3. The van der Waals surface area contributed by atoms with Crippen LogP contribution in [0.25, 0.3) is 0 Å². The van der Waals surface area contributed by atoms with E-state index in [0.717, 1.165) is 29.9 Å². The van der Waals surface area contributed by atoms with E-state index in [1.165, 1.54) is 6.20 Å². The summed E-state index contributed by atoms with van der Waals surface area (Å²) in [7, 11) is 0. The van der Waals surface area contributed by atoms with Crippen LogP contribution in [0.3, 0.4) is 0 Å². The number of hydrogen-bond donors (Lipinski definition) is 2. The number of Topliss-reactive ketones (excluding diaryl/α,β-unsaturated/α-hetero) is 2. The maximum absolute atomic E-state index is 13.0. The Morgan fingerprint density at radius 2 is 2.00 bits per heavy atom. The second-order valence-electron chi connectivity index (χ2n) is 7.04. The molecule has 30 heavy (non-hydrogen) atoms. The Kier molecular flexibility index (Phi) is 7.67. The number of carbonyl (C=O) groups excluding carboxylic acids is 4. The lowest BCUT2D eigenvalue weighted by Gasteiger charge is -2.21. The fourth-order valence-electron chi connectivity index (χ4n) is 3.24. The van der Waals surface area contributed by atoms with Crippen molar-refractivity contribution in [2.45, 2.75) is 38.3 Å². The van der Waals surface area contributed by atoms with Crippen LogP contribution in [-0.2, 0) is 25.7 Å². The number of rotatable bonds is 7. The van der Waals surface area contributed by atoms with Gasteiger partial charge in [0.15, 0.2) is 5.78 Å². The molecule has 0 spiro atoms. The van der Waals surface area contributed by atoms with E-state index in [4.69, 9.17) is 4.74 Å². The van der Waals surface area contributed by atoms with Gasteiger partial charge < -0.3 is 15.4 Å². The van der Waals surface area contributed by atoms with Gasteiger partial charge in [0.25, 0.3) is 5.91 Å². The molecule has 2 atom stereocenters. The Morgan fingerprint density at radius 1 is 1.20 bits per heavy atom. The highest BCUT2D eigenvalue weighted by atomic mass is 32.1. The lowest BCUT2D eigenvalue weighted by molar-refractivity contribution is -0.141. The predicted molar refractivity (Wildman–Crippen MR) is 110 cm³/mol. The van der Waals surface area contributed by atoms with Crippen LogP contribution in [0.2, 0.25) is 0 Å². The maximum atomic E-state index is 13.0. The van der Waals surface area contributed by atoms with E-state index >= 15 is 0 Å². The third-order valence-corrected chi connectivity index (χ3v) is 5.66. The fraction of sp³-hybridized carbons (Fsp3) is 0.381. The lowest BCUT2D eigenvalue weighted by atomic mass is 9.88. The summed E-state index contributed by atoms with van der Waals surface area (Å²) in [6.45, 7) is 0.529. The van der Waals surface area contributed by atoms with Gasteiger partial charge in [-0.25, -0.2) is 9.17 Å². The van der Waals surface area contributed by atoms with Crippen molar-refractivity contribution in [2.75, 3.05) is 6.54 Å². The number of ether oxygens (including phenoxy) is 1. The summed E-state index contributed by atoms with van der Waals surface area (Å²) in [5, 5.41) is 5.14. The van der Waals surface area contributed by atoms with Crippen molar-refractivity contribution in [3.8, 4) is 0 Å². The highest BCUT2D eigenvalue weighted by Crippen LogP contribution is 2.24. The van der Waals surface area contributed by atoms with E-state index in [1.807, 2.05) is 30.3 Å². The van der Waals surface area contributed by atoms with E-state index in [-0.39, 0.29) is 18.8 Å². The van der Waals surface area contributed by atoms with Gasteiger partial charge >= 0.3 is 6.09 Å². The second-order valence-corrected chi connectivity index (χ2v) is 7.90. The number of hydrogen-bond acceptors (Lipinski definition) is 7. The number of benzene rings is 1. The smallest absolute Gasteiger partial charge is 0.408 e. The molecule has 0 aliphatic carbocycles. The molecule has 1 aliphatic rings. The first-order valence-electron chi connectivity index (χ1n) is 9.77. The van der Waals surface area contributed by atoms with Gasteiger partial charge in [-0.15, -0.1) is 0 Å². The van der Waals surface area contributed by atoms with Crippen molar-refractivity contribution < 1.29 is 23.9 Å². The molecule has 1 aromatic heterocycles. The SMILES string of the molecule is O=C(NC(C(=O)CC1CCCCNC(=O)C1=O)c1ccns1)OCc1ccccc1. The van der Waals surface area contributed by atoms with Crippen LogP contribution in [0.15, 0.2) is 42.6 Å². The summed E-state index contributed by atoms with van der Waals surface area (Å²) in [5.74, 6) is -2.30. The van der Waals surface area contributed by atoms with Gasteiger partial charge in [-0.2, -0.15) is 0 Å². The normalized spacial score (nSPS) is 17.9. The van der Waals surface area contributed by atoms with Gasteiger partial charge in [0, 0.05) is 25.1 Å². The fourth-order valence-corrected chi connectivity index (χ4v) is 3.91. The largest absolute Gasteiger partial charge is 0.445 e. The van der Waals surface area contributed by atoms with Crippen LogP contribution in [0.5, 0.6) is 0 Å². The lowest BCUT2D eigenvalue weighted by Crippen LogP contribution is -2.40. The van der Waals surface area contributed by atoms with E-state index in [9.17, 15) is 19.2 Å². The average Bonchev–Trinajstić information content (AvgIpc) is 3.28. The molecule has 1 fully saturated rings. The monoisotopic (exact) mass is 429 g/mol. The molecule has 0 bridgehead atoms. The van der Waals surface area contributed by atoms with Gasteiger partial charge in [-0.1, -0.05) is 36.8 Å². The number of amides is 2. The van der Waals surface area contributed by atoms with E-state index < -0.39 is 29.7 Å². The van der Waals surface area contributed by atoms with Gasteiger partial charge in [-0.05, 0) is 36.0 Å². The molecule has 3 rings (SSSR count). The van der Waals surface area contributed by atoms with Crippen LogP contribution >= 0.6 is 11.5 Å². The van der Waals surface area contributed by atoms with Gasteiger partial charge in [-0.3, -0.25) is 14.4 Å². The Hall–Kier alpha value is -3.07. The van der Waals surface area contributed by atoms with Crippen LogP contribution < -0.4 is 10.6 Å². The summed E-state index contributed by atoms with van der Waals surface area (Å²) in [6, 6.07) is 9.83. The van der Waals surface area contributed by atoms with E-state index in [0.29, 0.717) is 17.8 Å². The Labute approximate surface area is 178 Å². The molecule has 0 saturated carbocycles. The van der Waals surface area contributed by atoms with E-state index in [2.05, 4.69) is 15.0 Å². The minimum atomic E-state index is -0.984. The molecule has 1 aliphatic heterocycles. The van der Waals surface area contributed by atoms with Gasteiger partial charge in [0.2, 0.25) is 5.78 Å². The van der Waals surface area contributed by atoms with Crippen molar-refractivity contribution in [1.29, 1.82) is 0 Å². The zero-order chi connectivity index (χ0) is 21.3. The topological polar surface area (TPSA) is 114 Å². The second kappa shape index (κ2) is 10.6. The molecular weight excluding hydrogens is 406 g/mol. The maximum Gasteiger partial charge on any atom is 0.408 e. The Bertz CT molecular complexity index is 885. The minimum absolute atomic E-state index is 0.0670. The molecule has 2 unspecified atom stereocenters. The number of nitrogens with one attached hydrogen (secondary N) is 2. The first-order chi connectivity index (χ1) is 14.5. The zero-order valence-corrected chi connectivity index (χ0v) is 17.2. The number of carbonyl (C=O) groups is 4. The van der Waals surface area contributed by atoms with Crippen molar-refractivity contribution in [3.63, 3.8) is 0 Å². The summed E-state index contributed by atoms with van der Waals surface area (Å²) in [5.41, 5.74) is 0.819. The quantitative estimate of drug-likeness (QED) is 0.654. The van der Waals surface area contributed by atoms with Crippen LogP contribution in [0.1, 0.15) is 42.2 Å². The molecule has 8 nitrogen and oxygen atoms in total. The number of aromatic nitrogens is 1. The molecule has 2 amide bonds. The standard InChI is InChI=1S/C21H23N3O5S/c25-16(12-15-8-4-5-10-22-20(27)19(15)26)18(17-9-11-23-30-17)24-21(28)29-13-14-6-2-1-3-7-14/h1-3,6-7,9,11,15,18H,4-5,8,10,12-13H2,(H,22,27)(H,24,28). The first-order valence-corrected chi connectivity index (χ1v) is 10.5. The molecule has 9 heteroatoms. The van der Waals surface area contributed by atoms with Crippen molar-refractivity contribution in [2.24, 2.45) is 5.92 Å². The predicted octanol–water partition coefficient (Wildman–Crippen LogP) is 2.56. The van der Waals surface area contributed by atoms with Crippen LogP contribution in [0.4, 0.5) is 4.79 Å². The molecule has 1 aromatic carbocycles. The molecule has 2 aromatic rings. The molecule has 2 heterocycles. The van der Waals surface area contributed by atoms with Crippen molar-refractivity contribution >= 4 is 35.1 Å². The summed E-state index contributed by atoms with van der Waals surface area (Å²) < 4.78 is 9.22. The first kappa shape index (κ1) is 21.6. The average molecular weight is 429 g/mol. The number of alkyl carbamates (subject to hydrolysis) is 1. The number of ketones is 2.